The number of aliphatic hydroxyl groups is 1. The lowest BCUT2D eigenvalue weighted by molar-refractivity contribution is -0.135. The second-order valence-electron chi connectivity index (χ2n) is 5.18. The Hall–Kier alpha value is -0.390. The third-order valence-electron chi connectivity index (χ3n) is 3.85. The Bertz CT molecular complexity index is 340. The molecule has 2 atom stereocenters. The normalized spacial score (nSPS) is 30.2. The Morgan fingerprint density at radius 3 is 2.67 bits per heavy atom. The minimum atomic E-state index is -0.0784. The third-order valence-corrected chi connectivity index (χ3v) is 4.65. The van der Waals surface area contributed by atoms with Crippen LogP contribution in [-0.2, 0) is 4.79 Å². The lowest BCUT2D eigenvalue weighted by atomic mass is 9.98. The van der Waals surface area contributed by atoms with Crippen LogP contribution < -0.4 is 0 Å². The molecule has 2 aliphatic rings. The molecule has 0 bridgehead atoms. The molecule has 102 valence electrons. The van der Waals surface area contributed by atoms with Crippen molar-refractivity contribution in [2.24, 2.45) is 5.92 Å². The van der Waals surface area contributed by atoms with Gasteiger partial charge in [0.25, 0.3) is 0 Å². The summed E-state index contributed by atoms with van der Waals surface area (Å²) in [7, 11) is 1.95. The van der Waals surface area contributed by atoms with E-state index in [0.29, 0.717) is 6.54 Å². The van der Waals surface area contributed by atoms with E-state index in [9.17, 15) is 9.90 Å². The zero-order valence-electron chi connectivity index (χ0n) is 10.8. The molecule has 4 nitrogen and oxygen atoms in total. The van der Waals surface area contributed by atoms with Crippen molar-refractivity contribution in [3.8, 4) is 0 Å². The number of halogens is 1. The van der Waals surface area contributed by atoms with Gasteiger partial charge in [-0.2, -0.15) is 0 Å². The fourth-order valence-corrected chi connectivity index (χ4v) is 3.54. The predicted molar refractivity (Wildman–Crippen MR) is 74.4 cm³/mol. The van der Waals surface area contributed by atoms with Crippen molar-refractivity contribution in [2.45, 2.75) is 25.3 Å². The number of hydrogen-bond acceptors (Lipinski definition) is 3. The van der Waals surface area contributed by atoms with E-state index in [2.05, 4.69) is 15.9 Å². The van der Waals surface area contributed by atoms with Gasteiger partial charge in [-0.1, -0.05) is 22.0 Å². The summed E-state index contributed by atoms with van der Waals surface area (Å²) in [5, 5.41) is 9.30. The molecule has 18 heavy (non-hydrogen) atoms. The molecular formula is C13H21BrN2O2. The van der Waals surface area contributed by atoms with Crippen molar-refractivity contribution in [1.29, 1.82) is 0 Å². The number of rotatable bonds is 2. The van der Waals surface area contributed by atoms with Crippen LogP contribution in [-0.4, -0.2) is 60.1 Å². The Balaban J connectivity index is 2.05. The summed E-state index contributed by atoms with van der Waals surface area (Å²) < 4.78 is 0.925. The predicted octanol–water partition coefficient (Wildman–Crippen LogP) is 1.20. The van der Waals surface area contributed by atoms with Crippen LogP contribution in [0, 0.1) is 5.92 Å². The van der Waals surface area contributed by atoms with Crippen LogP contribution in [0.5, 0.6) is 0 Å². The molecule has 2 unspecified atom stereocenters. The van der Waals surface area contributed by atoms with Gasteiger partial charge in [-0.3, -0.25) is 9.69 Å². The average Bonchev–Trinajstić information content (AvgIpc) is 2.38. The first-order valence-corrected chi connectivity index (χ1v) is 7.40. The number of amides is 1. The zero-order valence-corrected chi connectivity index (χ0v) is 12.4. The largest absolute Gasteiger partial charge is 0.394 e. The Morgan fingerprint density at radius 2 is 2.11 bits per heavy atom. The molecule has 0 aromatic rings. The number of likely N-dealkylation sites (N-methyl/N-ethyl adjacent to an activating group) is 1. The van der Waals surface area contributed by atoms with Crippen molar-refractivity contribution in [3.63, 3.8) is 0 Å². The van der Waals surface area contributed by atoms with E-state index in [0.717, 1.165) is 30.4 Å². The minimum Gasteiger partial charge on any atom is -0.394 e. The van der Waals surface area contributed by atoms with Crippen LogP contribution in [0.1, 0.15) is 19.3 Å². The molecule has 0 saturated carbocycles. The van der Waals surface area contributed by atoms with E-state index in [4.69, 9.17) is 0 Å². The smallest absolute Gasteiger partial charge is 0.230 e. The highest BCUT2D eigenvalue weighted by atomic mass is 79.9. The quantitative estimate of drug-likeness (QED) is 0.832. The minimum absolute atomic E-state index is 0.00425. The monoisotopic (exact) mass is 316 g/mol. The van der Waals surface area contributed by atoms with Crippen molar-refractivity contribution >= 4 is 21.8 Å². The van der Waals surface area contributed by atoms with Crippen LogP contribution in [0.2, 0.25) is 0 Å². The van der Waals surface area contributed by atoms with Crippen LogP contribution in [0.3, 0.4) is 0 Å². The number of carbonyl (C=O) groups is 1. The van der Waals surface area contributed by atoms with Gasteiger partial charge >= 0.3 is 0 Å². The van der Waals surface area contributed by atoms with E-state index >= 15 is 0 Å². The molecule has 0 aromatic carbocycles. The molecule has 2 aliphatic heterocycles. The highest BCUT2D eigenvalue weighted by molar-refractivity contribution is 9.11. The fourth-order valence-electron chi connectivity index (χ4n) is 2.73. The summed E-state index contributed by atoms with van der Waals surface area (Å²) in [6, 6.07) is -0.00425. The van der Waals surface area contributed by atoms with E-state index in [1.54, 1.807) is 0 Å². The fraction of sp³-hybridized carbons (Fsp3) is 0.769. The summed E-state index contributed by atoms with van der Waals surface area (Å²) in [6.07, 6.45) is 5.45. The summed E-state index contributed by atoms with van der Waals surface area (Å²) in [5.41, 5.74) is 0. The second kappa shape index (κ2) is 6.17. The molecular weight excluding hydrogens is 296 g/mol. The van der Waals surface area contributed by atoms with Crippen molar-refractivity contribution in [3.05, 3.63) is 10.6 Å². The van der Waals surface area contributed by atoms with Gasteiger partial charge in [-0.15, -0.1) is 0 Å². The van der Waals surface area contributed by atoms with Gasteiger partial charge in [0.15, 0.2) is 0 Å². The maximum Gasteiger partial charge on any atom is 0.230 e. The van der Waals surface area contributed by atoms with Gasteiger partial charge in [0.2, 0.25) is 5.91 Å². The standard InChI is InChI=1S/C13H21BrN2O2/c1-15-8-10(7-11(14)12(15)9-17)13(18)16-5-3-2-4-6-16/h7,10,12,17H,2-6,8-9H2,1H3. The summed E-state index contributed by atoms with van der Waals surface area (Å²) >= 11 is 3.48. The number of piperidine rings is 1. The lowest BCUT2D eigenvalue weighted by Gasteiger charge is -2.36. The van der Waals surface area contributed by atoms with Crippen molar-refractivity contribution < 1.29 is 9.90 Å². The second-order valence-corrected chi connectivity index (χ2v) is 6.10. The summed E-state index contributed by atoms with van der Waals surface area (Å²) in [6.45, 7) is 2.57. The van der Waals surface area contributed by atoms with E-state index < -0.39 is 0 Å². The number of nitrogens with zero attached hydrogens (tertiary/aromatic N) is 2. The van der Waals surface area contributed by atoms with Gasteiger partial charge in [-0.05, 0) is 26.3 Å². The maximum absolute atomic E-state index is 12.4. The van der Waals surface area contributed by atoms with Crippen LogP contribution in [0.25, 0.3) is 0 Å². The summed E-state index contributed by atoms with van der Waals surface area (Å²) in [4.78, 5) is 16.4. The van der Waals surface area contributed by atoms with Gasteiger partial charge in [0.1, 0.15) is 0 Å². The number of carbonyl (C=O) groups excluding carboxylic acids is 1. The van der Waals surface area contributed by atoms with Crippen LogP contribution in [0.4, 0.5) is 0 Å². The molecule has 1 N–H and O–H groups in total. The van der Waals surface area contributed by atoms with E-state index in [-0.39, 0.29) is 24.5 Å². The summed E-state index contributed by atoms with van der Waals surface area (Å²) in [5.74, 6) is 0.153. The molecule has 0 aromatic heterocycles. The number of likely N-dealkylation sites (tertiary alicyclic amines) is 1. The lowest BCUT2D eigenvalue weighted by Crippen LogP contribution is -2.48. The topological polar surface area (TPSA) is 43.8 Å². The SMILES string of the molecule is CN1CC(C(=O)N2CCCCC2)C=C(Br)C1CO. The first-order valence-electron chi connectivity index (χ1n) is 6.60. The Kier molecular flexibility index (Phi) is 4.81. The van der Waals surface area contributed by atoms with E-state index in [1.165, 1.54) is 6.42 Å². The number of hydrogen-bond donors (Lipinski definition) is 1. The Morgan fingerprint density at radius 1 is 1.44 bits per heavy atom. The molecule has 1 saturated heterocycles. The molecule has 1 fully saturated rings. The third kappa shape index (κ3) is 2.95. The van der Waals surface area contributed by atoms with Crippen molar-refractivity contribution in [2.75, 3.05) is 33.3 Å². The van der Waals surface area contributed by atoms with Gasteiger partial charge < -0.3 is 10.0 Å². The average molecular weight is 317 g/mol. The van der Waals surface area contributed by atoms with Gasteiger partial charge in [0.05, 0.1) is 18.6 Å². The van der Waals surface area contributed by atoms with Gasteiger partial charge in [0, 0.05) is 24.1 Å². The number of aliphatic hydroxyl groups excluding tert-OH is 1. The Labute approximate surface area is 117 Å². The molecule has 0 radical (unpaired) electrons. The molecule has 0 aliphatic carbocycles. The highest BCUT2D eigenvalue weighted by Gasteiger charge is 2.32. The molecule has 2 rings (SSSR count). The van der Waals surface area contributed by atoms with Crippen molar-refractivity contribution in [1.82, 2.24) is 9.80 Å². The van der Waals surface area contributed by atoms with Crippen LogP contribution in [0.15, 0.2) is 10.6 Å². The molecule has 0 spiro atoms. The maximum atomic E-state index is 12.4. The van der Waals surface area contributed by atoms with E-state index in [1.807, 2.05) is 22.9 Å². The molecule has 2 heterocycles. The first-order chi connectivity index (χ1) is 8.63. The molecule has 1 amide bonds. The first kappa shape index (κ1) is 14.0. The highest BCUT2D eigenvalue weighted by Crippen LogP contribution is 2.26. The van der Waals surface area contributed by atoms with Crippen LogP contribution >= 0.6 is 15.9 Å². The molecule has 5 heteroatoms. The van der Waals surface area contributed by atoms with Gasteiger partial charge in [-0.25, -0.2) is 0 Å². The zero-order chi connectivity index (χ0) is 13.1.